The summed E-state index contributed by atoms with van der Waals surface area (Å²) in [5.41, 5.74) is 5.55. The van der Waals surface area contributed by atoms with E-state index in [0.29, 0.717) is 11.3 Å². The Morgan fingerprint density at radius 1 is 1.38 bits per heavy atom. The monoisotopic (exact) mass is 221 g/mol. The summed E-state index contributed by atoms with van der Waals surface area (Å²) in [5.74, 6) is -1.25. The van der Waals surface area contributed by atoms with Crippen LogP contribution in [-0.2, 0) is 9.59 Å². The summed E-state index contributed by atoms with van der Waals surface area (Å²) in [6, 6.07) is 6.76. The Hall–Kier alpha value is -2.30. The summed E-state index contributed by atoms with van der Waals surface area (Å²) >= 11 is 0. The van der Waals surface area contributed by atoms with Crippen LogP contribution in [0.2, 0.25) is 0 Å². The molecule has 5 nitrogen and oxygen atoms in total. The van der Waals surface area contributed by atoms with Crippen molar-refractivity contribution in [1.29, 1.82) is 0 Å². The standard InChI is InChI=1S/C11H11NO4/c12-10(13)6-5-8-3-1-2-4-9(8)16-7-11(14)15/h1-6H,7H2,(H2,12,13)(H,14,15). The van der Waals surface area contributed by atoms with Crippen LogP contribution in [0.25, 0.3) is 6.08 Å². The van der Waals surface area contributed by atoms with E-state index < -0.39 is 18.5 Å². The SMILES string of the molecule is NC(=O)C=Cc1ccccc1OCC(=O)O. The number of carbonyl (C=O) groups excluding carboxylic acids is 1. The van der Waals surface area contributed by atoms with Gasteiger partial charge >= 0.3 is 5.97 Å². The van der Waals surface area contributed by atoms with E-state index in [9.17, 15) is 9.59 Å². The molecule has 0 saturated heterocycles. The number of para-hydroxylation sites is 1. The number of hydrogen-bond donors (Lipinski definition) is 2. The molecule has 1 aromatic carbocycles. The Morgan fingerprint density at radius 2 is 2.06 bits per heavy atom. The van der Waals surface area contributed by atoms with Gasteiger partial charge in [0.2, 0.25) is 5.91 Å². The van der Waals surface area contributed by atoms with E-state index in [4.69, 9.17) is 15.6 Å². The van der Waals surface area contributed by atoms with Gasteiger partial charge in [-0.25, -0.2) is 4.79 Å². The highest BCUT2D eigenvalue weighted by Gasteiger charge is 2.02. The van der Waals surface area contributed by atoms with Gasteiger partial charge in [-0.15, -0.1) is 0 Å². The molecule has 1 rings (SSSR count). The molecule has 3 N–H and O–H groups in total. The van der Waals surface area contributed by atoms with Crippen molar-refractivity contribution < 1.29 is 19.4 Å². The van der Waals surface area contributed by atoms with Crippen LogP contribution >= 0.6 is 0 Å². The number of amides is 1. The largest absolute Gasteiger partial charge is 0.481 e. The van der Waals surface area contributed by atoms with E-state index in [1.807, 2.05) is 0 Å². The number of carboxylic acids is 1. The number of carboxylic acid groups (broad SMARTS) is 1. The second-order valence-electron chi connectivity index (χ2n) is 2.96. The van der Waals surface area contributed by atoms with Crippen molar-refractivity contribution in [1.82, 2.24) is 0 Å². The molecule has 0 heterocycles. The molecular formula is C11H11NO4. The zero-order valence-electron chi connectivity index (χ0n) is 8.42. The Bertz CT molecular complexity index is 426. The summed E-state index contributed by atoms with van der Waals surface area (Å²) in [4.78, 5) is 20.9. The van der Waals surface area contributed by atoms with E-state index in [-0.39, 0.29) is 0 Å². The number of nitrogens with two attached hydrogens (primary N) is 1. The molecule has 0 aromatic heterocycles. The summed E-state index contributed by atoms with van der Waals surface area (Å²) in [6.07, 6.45) is 2.66. The summed E-state index contributed by atoms with van der Waals surface area (Å²) in [7, 11) is 0. The second-order valence-corrected chi connectivity index (χ2v) is 2.96. The fraction of sp³-hybridized carbons (Fsp3) is 0.0909. The minimum Gasteiger partial charge on any atom is -0.481 e. The van der Waals surface area contributed by atoms with Gasteiger partial charge in [0, 0.05) is 11.6 Å². The highest BCUT2D eigenvalue weighted by atomic mass is 16.5. The maximum atomic E-state index is 10.6. The van der Waals surface area contributed by atoms with Crippen LogP contribution in [0.5, 0.6) is 5.75 Å². The summed E-state index contributed by atoms with van der Waals surface area (Å²) in [5, 5.41) is 8.47. The fourth-order valence-corrected chi connectivity index (χ4v) is 1.06. The number of rotatable bonds is 5. The molecule has 0 unspecified atom stereocenters. The van der Waals surface area contributed by atoms with Crippen LogP contribution in [0.4, 0.5) is 0 Å². The lowest BCUT2D eigenvalue weighted by Crippen LogP contribution is -2.10. The molecule has 0 bridgehead atoms. The van der Waals surface area contributed by atoms with Crippen molar-refractivity contribution in [3.8, 4) is 5.75 Å². The highest BCUT2D eigenvalue weighted by molar-refractivity contribution is 5.90. The predicted octanol–water partition coefficient (Wildman–Crippen LogP) is 0.648. The van der Waals surface area contributed by atoms with Crippen molar-refractivity contribution in [2.45, 2.75) is 0 Å². The van der Waals surface area contributed by atoms with Gasteiger partial charge in [-0.1, -0.05) is 18.2 Å². The molecule has 0 aliphatic rings. The molecule has 1 aromatic rings. The topological polar surface area (TPSA) is 89.6 Å². The van der Waals surface area contributed by atoms with Crippen LogP contribution in [0.1, 0.15) is 5.56 Å². The van der Waals surface area contributed by atoms with E-state index in [1.54, 1.807) is 24.3 Å². The van der Waals surface area contributed by atoms with Crippen molar-refractivity contribution in [3.63, 3.8) is 0 Å². The average Bonchev–Trinajstić information content (AvgIpc) is 2.24. The normalized spacial score (nSPS) is 10.2. The molecule has 84 valence electrons. The van der Waals surface area contributed by atoms with Crippen molar-refractivity contribution in [2.75, 3.05) is 6.61 Å². The van der Waals surface area contributed by atoms with E-state index >= 15 is 0 Å². The third-order valence-corrected chi connectivity index (χ3v) is 1.70. The van der Waals surface area contributed by atoms with Gasteiger partial charge in [0.15, 0.2) is 6.61 Å². The van der Waals surface area contributed by atoms with Gasteiger partial charge < -0.3 is 15.6 Å². The van der Waals surface area contributed by atoms with E-state index in [0.717, 1.165) is 0 Å². The third-order valence-electron chi connectivity index (χ3n) is 1.70. The average molecular weight is 221 g/mol. The molecule has 0 atom stereocenters. The molecule has 5 heteroatoms. The molecule has 0 aliphatic carbocycles. The first-order chi connectivity index (χ1) is 7.59. The fourth-order valence-electron chi connectivity index (χ4n) is 1.06. The zero-order chi connectivity index (χ0) is 12.0. The molecule has 0 aliphatic heterocycles. The minimum absolute atomic E-state index is 0.391. The van der Waals surface area contributed by atoms with Gasteiger partial charge in [0.25, 0.3) is 0 Å². The van der Waals surface area contributed by atoms with Crippen LogP contribution in [0.3, 0.4) is 0 Å². The first-order valence-corrected chi connectivity index (χ1v) is 4.50. The smallest absolute Gasteiger partial charge is 0.341 e. The Labute approximate surface area is 92.1 Å². The van der Waals surface area contributed by atoms with E-state index in [2.05, 4.69) is 0 Å². The van der Waals surface area contributed by atoms with Gasteiger partial charge in [0.05, 0.1) is 0 Å². The Balaban J connectivity index is 2.83. The number of aliphatic carboxylic acids is 1. The van der Waals surface area contributed by atoms with Crippen LogP contribution < -0.4 is 10.5 Å². The quantitative estimate of drug-likeness (QED) is 0.714. The molecule has 0 radical (unpaired) electrons. The van der Waals surface area contributed by atoms with Crippen LogP contribution in [-0.4, -0.2) is 23.6 Å². The molecule has 0 fully saturated rings. The third kappa shape index (κ3) is 3.83. The van der Waals surface area contributed by atoms with Crippen LogP contribution in [0, 0.1) is 0 Å². The lowest BCUT2D eigenvalue weighted by molar-refractivity contribution is -0.139. The van der Waals surface area contributed by atoms with Crippen LogP contribution in [0.15, 0.2) is 30.3 Å². The van der Waals surface area contributed by atoms with Crippen molar-refractivity contribution >= 4 is 18.0 Å². The maximum Gasteiger partial charge on any atom is 0.341 e. The molecular weight excluding hydrogens is 210 g/mol. The van der Waals surface area contributed by atoms with Gasteiger partial charge in [-0.2, -0.15) is 0 Å². The number of ether oxygens (including phenoxy) is 1. The lowest BCUT2D eigenvalue weighted by Gasteiger charge is -2.06. The molecule has 1 amide bonds. The van der Waals surface area contributed by atoms with Gasteiger partial charge in [-0.05, 0) is 12.1 Å². The number of carbonyl (C=O) groups is 2. The highest BCUT2D eigenvalue weighted by Crippen LogP contribution is 2.19. The lowest BCUT2D eigenvalue weighted by atomic mass is 10.2. The zero-order valence-corrected chi connectivity index (χ0v) is 8.42. The first kappa shape index (κ1) is 11.8. The van der Waals surface area contributed by atoms with Crippen molar-refractivity contribution in [3.05, 3.63) is 35.9 Å². The van der Waals surface area contributed by atoms with Gasteiger partial charge in [0.1, 0.15) is 5.75 Å². The maximum absolute atomic E-state index is 10.6. The van der Waals surface area contributed by atoms with Crippen molar-refractivity contribution in [2.24, 2.45) is 5.73 Å². The predicted molar refractivity (Wildman–Crippen MR) is 57.8 cm³/mol. The molecule has 16 heavy (non-hydrogen) atoms. The number of primary amides is 1. The minimum atomic E-state index is -1.06. The number of benzene rings is 1. The number of hydrogen-bond acceptors (Lipinski definition) is 3. The Morgan fingerprint density at radius 3 is 2.69 bits per heavy atom. The van der Waals surface area contributed by atoms with E-state index in [1.165, 1.54) is 12.2 Å². The molecule has 0 spiro atoms. The second kappa shape index (κ2) is 5.55. The summed E-state index contributed by atoms with van der Waals surface area (Å²) in [6.45, 7) is -0.429. The summed E-state index contributed by atoms with van der Waals surface area (Å²) < 4.78 is 5.03. The first-order valence-electron chi connectivity index (χ1n) is 4.50. The Kier molecular flexibility index (Phi) is 4.08. The molecule has 0 saturated carbocycles. The van der Waals surface area contributed by atoms with Gasteiger partial charge in [-0.3, -0.25) is 4.79 Å².